The zero-order valence-electron chi connectivity index (χ0n) is 10.4. The van der Waals surface area contributed by atoms with Crippen LogP contribution >= 0.6 is 0 Å². The van der Waals surface area contributed by atoms with Gasteiger partial charge in [-0.2, -0.15) is 0 Å². The van der Waals surface area contributed by atoms with Gasteiger partial charge in [0, 0.05) is 18.0 Å². The minimum atomic E-state index is -0.763. The topological polar surface area (TPSA) is 39.1 Å². The van der Waals surface area contributed by atoms with Crippen molar-refractivity contribution < 1.29 is 13.6 Å². The highest BCUT2D eigenvalue weighted by molar-refractivity contribution is 5.93. The number of benzene rings is 1. The molecule has 98 valence electrons. The Morgan fingerprint density at radius 2 is 1.79 bits per heavy atom. The molecule has 5 heteroatoms. The van der Waals surface area contributed by atoms with Crippen LogP contribution in [0.15, 0.2) is 35.3 Å². The summed E-state index contributed by atoms with van der Waals surface area (Å²) in [5.74, 6) is -1.97. The van der Waals surface area contributed by atoms with Gasteiger partial charge < -0.3 is 4.57 Å². The molecule has 0 fully saturated rings. The van der Waals surface area contributed by atoms with E-state index in [1.807, 2.05) is 0 Å². The van der Waals surface area contributed by atoms with Gasteiger partial charge in [0.2, 0.25) is 0 Å². The fourth-order valence-corrected chi connectivity index (χ4v) is 1.86. The Hall–Kier alpha value is -2.30. The van der Waals surface area contributed by atoms with Crippen LogP contribution in [0.4, 0.5) is 8.78 Å². The fourth-order valence-electron chi connectivity index (χ4n) is 1.86. The van der Waals surface area contributed by atoms with Gasteiger partial charge in [0.25, 0.3) is 0 Å². The highest BCUT2D eigenvalue weighted by Crippen LogP contribution is 2.19. The molecule has 0 saturated carbocycles. The van der Waals surface area contributed by atoms with E-state index in [1.54, 1.807) is 0 Å². The molecule has 0 aliphatic heterocycles. The number of nitrogens with zero attached hydrogens (tertiary/aromatic N) is 1. The smallest absolute Gasteiger partial charge is 0.192 e. The van der Waals surface area contributed by atoms with E-state index in [0.717, 1.165) is 12.1 Å². The van der Waals surface area contributed by atoms with Gasteiger partial charge in [-0.3, -0.25) is 9.59 Å². The summed E-state index contributed by atoms with van der Waals surface area (Å²) in [4.78, 5) is 22.9. The van der Waals surface area contributed by atoms with Crippen molar-refractivity contribution in [1.82, 2.24) is 4.57 Å². The Morgan fingerprint density at radius 3 is 2.32 bits per heavy atom. The molecule has 1 aromatic heterocycles. The van der Waals surface area contributed by atoms with Crippen LogP contribution in [-0.4, -0.2) is 10.4 Å². The van der Waals surface area contributed by atoms with Crippen molar-refractivity contribution in [3.05, 3.63) is 63.6 Å². The van der Waals surface area contributed by atoms with Gasteiger partial charge in [-0.25, -0.2) is 8.78 Å². The van der Waals surface area contributed by atoms with Gasteiger partial charge in [-0.1, -0.05) is 6.07 Å². The highest BCUT2D eigenvalue weighted by atomic mass is 19.1. The Labute approximate surface area is 108 Å². The number of aryl methyl sites for hydroxylation is 1. The molecular weight excluding hydrogens is 252 g/mol. The molecule has 1 heterocycles. The molecule has 0 bridgehead atoms. The molecule has 1 aromatic carbocycles. The van der Waals surface area contributed by atoms with Gasteiger partial charge in [0.15, 0.2) is 11.2 Å². The maximum absolute atomic E-state index is 13.7. The van der Waals surface area contributed by atoms with E-state index >= 15 is 0 Å². The second kappa shape index (κ2) is 4.76. The number of hydrogen-bond donors (Lipinski definition) is 0. The first-order chi connectivity index (χ1) is 8.91. The molecule has 2 rings (SSSR count). The lowest BCUT2D eigenvalue weighted by Crippen LogP contribution is -2.18. The van der Waals surface area contributed by atoms with Crippen molar-refractivity contribution >= 4 is 5.78 Å². The third-order valence-electron chi connectivity index (χ3n) is 2.80. The van der Waals surface area contributed by atoms with Crippen LogP contribution in [0.5, 0.6) is 0 Å². The monoisotopic (exact) mass is 263 g/mol. The first-order valence-corrected chi connectivity index (χ1v) is 5.60. The van der Waals surface area contributed by atoms with Crippen LogP contribution in [0.2, 0.25) is 0 Å². The number of halogens is 2. The summed E-state index contributed by atoms with van der Waals surface area (Å²) in [6, 6.07) is 4.66. The second-order valence-corrected chi connectivity index (χ2v) is 4.19. The molecule has 0 spiro atoms. The Morgan fingerprint density at radius 1 is 1.21 bits per heavy atom. The van der Waals surface area contributed by atoms with E-state index in [4.69, 9.17) is 0 Å². The first kappa shape index (κ1) is 13.1. The quantitative estimate of drug-likeness (QED) is 0.781. The van der Waals surface area contributed by atoms with E-state index in [9.17, 15) is 18.4 Å². The molecule has 3 nitrogen and oxygen atoms in total. The fraction of sp³-hybridized carbons (Fsp3) is 0.143. The molecule has 19 heavy (non-hydrogen) atoms. The van der Waals surface area contributed by atoms with Gasteiger partial charge >= 0.3 is 0 Å². The Kier molecular flexibility index (Phi) is 3.29. The molecule has 0 N–H and O–H groups in total. The number of carbonyl (C=O) groups excluding carboxylic acids is 1. The molecule has 0 amide bonds. The van der Waals surface area contributed by atoms with Crippen LogP contribution in [0.25, 0.3) is 5.69 Å². The van der Waals surface area contributed by atoms with E-state index in [2.05, 4.69) is 0 Å². The number of Topliss-reactive ketones (excluding diaryl/α,β-unsaturated/α-hetero) is 1. The normalized spacial score (nSPS) is 10.5. The van der Waals surface area contributed by atoms with Crippen molar-refractivity contribution in [2.24, 2.45) is 0 Å². The maximum atomic E-state index is 13.7. The van der Waals surface area contributed by atoms with Crippen LogP contribution in [0, 0.1) is 18.6 Å². The number of para-hydroxylation sites is 1. The number of carbonyl (C=O) groups is 1. The summed E-state index contributed by atoms with van der Waals surface area (Å²) in [6.07, 6.45) is 1.17. The SMILES string of the molecule is CC(=O)c1cn(-c2c(F)cccc2F)c(C)cc1=O. The van der Waals surface area contributed by atoms with Crippen LogP contribution < -0.4 is 5.43 Å². The molecule has 0 atom stereocenters. The lowest BCUT2D eigenvalue weighted by atomic mass is 10.1. The zero-order chi connectivity index (χ0) is 14.2. The third-order valence-corrected chi connectivity index (χ3v) is 2.80. The van der Waals surface area contributed by atoms with Crippen LogP contribution in [-0.2, 0) is 0 Å². The van der Waals surface area contributed by atoms with E-state index in [-0.39, 0.29) is 11.3 Å². The Bertz CT molecular complexity index is 700. The van der Waals surface area contributed by atoms with Crippen molar-refractivity contribution in [1.29, 1.82) is 0 Å². The number of aromatic nitrogens is 1. The molecule has 0 aliphatic carbocycles. The molecule has 0 saturated heterocycles. The first-order valence-electron chi connectivity index (χ1n) is 5.60. The lowest BCUT2D eigenvalue weighted by Gasteiger charge is -2.13. The lowest BCUT2D eigenvalue weighted by molar-refractivity contribution is 0.101. The summed E-state index contributed by atoms with van der Waals surface area (Å²) >= 11 is 0. The minimum absolute atomic E-state index is 0.103. The largest absolute Gasteiger partial charge is 0.315 e. The summed E-state index contributed by atoms with van der Waals surface area (Å²) in [6.45, 7) is 2.77. The number of ketones is 1. The second-order valence-electron chi connectivity index (χ2n) is 4.19. The van der Waals surface area contributed by atoms with Gasteiger partial charge in [-0.15, -0.1) is 0 Å². The summed E-state index contributed by atoms with van der Waals surface area (Å²) in [5.41, 5.74) is -0.521. The Balaban J connectivity index is 2.80. The highest BCUT2D eigenvalue weighted by Gasteiger charge is 2.15. The van der Waals surface area contributed by atoms with E-state index in [0.29, 0.717) is 5.69 Å². The predicted molar refractivity (Wildman–Crippen MR) is 66.7 cm³/mol. The summed E-state index contributed by atoms with van der Waals surface area (Å²) < 4.78 is 28.6. The van der Waals surface area contributed by atoms with Crippen molar-refractivity contribution in [2.75, 3.05) is 0 Å². The predicted octanol–water partition coefficient (Wildman–Crippen LogP) is 2.63. The molecule has 0 aliphatic rings. The number of rotatable bonds is 2. The maximum Gasteiger partial charge on any atom is 0.192 e. The van der Waals surface area contributed by atoms with Gasteiger partial charge in [0.05, 0.1) is 5.56 Å². The standard InChI is InChI=1S/C14H11F2NO2/c1-8-6-13(19)10(9(2)18)7-17(8)14-11(15)4-3-5-12(14)16/h3-7H,1-2H3. The molecule has 0 unspecified atom stereocenters. The molecule has 2 aromatic rings. The van der Waals surface area contributed by atoms with Crippen LogP contribution in [0.1, 0.15) is 23.0 Å². The van der Waals surface area contributed by atoms with Crippen LogP contribution in [0.3, 0.4) is 0 Å². The average molecular weight is 263 g/mol. The average Bonchev–Trinajstić information content (AvgIpc) is 2.30. The third kappa shape index (κ3) is 2.31. The number of pyridine rings is 1. The van der Waals surface area contributed by atoms with E-state index < -0.39 is 22.8 Å². The summed E-state index contributed by atoms with van der Waals surface area (Å²) in [7, 11) is 0. The molecular formula is C14H11F2NO2. The minimum Gasteiger partial charge on any atom is -0.315 e. The van der Waals surface area contributed by atoms with Crippen molar-refractivity contribution in [3.63, 3.8) is 0 Å². The van der Waals surface area contributed by atoms with E-state index in [1.165, 1.54) is 36.7 Å². The number of hydrogen-bond acceptors (Lipinski definition) is 2. The zero-order valence-corrected chi connectivity index (χ0v) is 10.4. The van der Waals surface area contributed by atoms with Gasteiger partial charge in [-0.05, 0) is 26.0 Å². The molecule has 0 radical (unpaired) electrons. The van der Waals surface area contributed by atoms with Crippen molar-refractivity contribution in [3.8, 4) is 5.69 Å². The summed E-state index contributed by atoms with van der Waals surface area (Å²) in [5, 5.41) is 0. The van der Waals surface area contributed by atoms with Gasteiger partial charge in [0.1, 0.15) is 17.3 Å². The van der Waals surface area contributed by atoms with Crippen molar-refractivity contribution in [2.45, 2.75) is 13.8 Å².